The Hall–Kier alpha value is -1.42. The van der Waals surface area contributed by atoms with E-state index in [0.717, 1.165) is 0 Å². The molecule has 102 valence electrons. The first-order valence-electron chi connectivity index (χ1n) is 6.18. The third kappa shape index (κ3) is 2.78. The molecule has 1 aromatic rings. The molecule has 1 aromatic carbocycles. The van der Waals surface area contributed by atoms with Crippen molar-refractivity contribution in [3.63, 3.8) is 0 Å². The number of carbonyl (C=O) groups excluding carboxylic acids is 2. The highest BCUT2D eigenvalue weighted by atomic mass is 35.5. The average molecular weight is 284 g/mol. The van der Waals surface area contributed by atoms with E-state index < -0.39 is 17.7 Å². The summed E-state index contributed by atoms with van der Waals surface area (Å²) in [6.07, 6.45) is 0.103. The summed E-state index contributed by atoms with van der Waals surface area (Å²) in [6.45, 7) is 3.77. The Morgan fingerprint density at radius 1 is 1.37 bits per heavy atom. The van der Waals surface area contributed by atoms with Gasteiger partial charge in [0.1, 0.15) is 5.82 Å². The predicted octanol–water partition coefficient (Wildman–Crippen LogP) is 2.88. The highest BCUT2D eigenvalue weighted by Crippen LogP contribution is 2.37. The second-order valence-corrected chi connectivity index (χ2v) is 5.60. The standard InChI is InChI=1S/C14H15ClFNO2/c1-7(2)13-10(6-12(18)17-14(13)19)9-5-8(15)3-4-11(9)16/h3-5,7,10,13H,6H2,1-2H3,(H,17,18,19). The Labute approximate surface area is 116 Å². The summed E-state index contributed by atoms with van der Waals surface area (Å²) in [4.78, 5) is 23.5. The van der Waals surface area contributed by atoms with Gasteiger partial charge in [-0.05, 0) is 29.7 Å². The number of amides is 2. The summed E-state index contributed by atoms with van der Waals surface area (Å²) in [5.41, 5.74) is 0.342. The number of benzene rings is 1. The number of nitrogens with one attached hydrogen (secondary N) is 1. The van der Waals surface area contributed by atoms with Gasteiger partial charge in [0.15, 0.2) is 0 Å². The van der Waals surface area contributed by atoms with Gasteiger partial charge < -0.3 is 0 Å². The quantitative estimate of drug-likeness (QED) is 0.849. The Balaban J connectivity index is 2.46. The molecule has 0 spiro atoms. The van der Waals surface area contributed by atoms with Crippen LogP contribution in [-0.4, -0.2) is 11.8 Å². The van der Waals surface area contributed by atoms with Gasteiger partial charge in [-0.1, -0.05) is 25.4 Å². The summed E-state index contributed by atoms with van der Waals surface area (Å²) >= 11 is 5.88. The lowest BCUT2D eigenvalue weighted by Gasteiger charge is -2.33. The molecule has 0 aliphatic carbocycles. The van der Waals surface area contributed by atoms with E-state index >= 15 is 0 Å². The molecule has 0 saturated carbocycles. The maximum atomic E-state index is 13.9. The van der Waals surface area contributed by atoms with Gasteiger partial charge >= 0.3 is 0 Å². The van der Waals surface area contributed by atoms with Gasteiger partial charge in [0, 0.05) is 23.3 Å². The van der Waals surface area contributed by atoms with Gasteiger partial charge in [-0.3, -0.25) is 14.9 Å². The van der Waals surface area contributed by atoms with Crippen LogP contribution < -0.4 is 5.32 Å². The molecule has 0 bridgehead atoms. The maximum Gasteiger partial charge on any atom is 0.230 e. The Kier molecular flexibility index (Phi) is 3.90. The minimum Gasteiger partial charge on any atom is -0.296 e. The van der Waals surface area contributed by atoms with Crippen molar-refractivity contribution in [3.8, 4) is 0 Å². The fraction of sp³-hybridized carbons (Fsp3) is 0.429. The van der Waals surface area contributed by atoms with Crippen LogP contribution in [-0.2, 0) is 9.59 Å². The largest absolute Gasteiger partial charge is 0.296 e. The number of rotatable bonds is 2. The summed E-state index contributed by atoms with van der Waals surface area (Å²) in [5, 5.41) is 2.71. The fourth-order valence-electron chi connectivity index (χ4n) is 2.65. The Morgan fingerprint density at radius 3 is 2.68 bits per heavy atom. The van der Waals surface area contributed by atoms with Crippen molar-refractivity contribution in [2.75, 3.05) is 0 Å². The topological polar surface area (TPSA) is 46.2 Å². The number of carbonyl (C=O) groups is 2. The molecule has 1 aliphatic rings. The summed E-state index contributed by atoms with van der Waals surface area (Å²) in [6, 6.07) is 4.23. The zero-order chi connectivity index (χ0) is 14.2. The normalized spacial score (nSPS) is 23.6. The summed E-state index contributed by atoms with van der Waals surface area (Å²) < 4.78 is 13.9. The third-order valence-corrected chi connectivity index (χ3v) is 3.72. The first kappa shape index (κ1) is 14.0. The van der Waals surface area contributed by atoms with Crippen LogP contribution in [0.3, 0.4) is 0 Å². The second kappa shape index (κ2) is 5.29. The van der Waals surface area contributed by atoms with Gasteiger partial charge in [0.25, 0.3) is 0 Å². The molecule has 1 fully saturated rings. The van der Waals surface area contributed by atoms with Crippen LogP contribution >= 0.6 is 11.6 Å². The van der Waals surface area contributed by atoms with E-state index in [9.17, 15) is 14.0 Å². The van der Waals surface area contributed by atoms with Crippen molar-refractivity contribution in [1.82, 2.24) is 5.32 Å². The minimum absolute atomic E-state index is 0.0106. The van der Waals surface area contributed by atoms with Gasteiger partial charge in [-0.2, -0.15) is 0 Å². The van der Waals surface area contributed by atoms with E-state index in [-0.39, 0.29) is 24.2 Å². The van der Waals surface area contributed by atoms with Crippen molar-refractivity contribution < 1.29 is 14.0 Å². The molecule has 2 atom stereocenters. The first-order valence-corrected chi connectivity index (χ1v) is 6.56. The number of hydrogen-bond acceptors (Lipinski definition) is 2. The molecule has 2 rings (SSSR count). The molecular weight excluding hydrogens is 269 g/mol. The third-order valence-electron chi connectivity index (χ3n) is 3.48. The van der Waals surface area contributed by atoms with Crippen LogP contribution in [0.5, 0.6) is 0 Å². The average Bonchev–Trinajstić information content (AvgIpc) is 2.30. The van der Waals surface area contributed by atoms with Crippen LogP contribution in [0.1, 0.15) is 31.7 Å². The zero-order valence-corrected chi connectivity index (χ0v) is 11.5. The molecule has 0 aromatic heterocycles. The van der Waals surface area contributed by atoms with Crippen LogP contribution in [0.2, 0.25) is 5.02 Å². The highest BCUT2D eigenvalue weighted by molar-refractivity contribution is 6.30. The van der Waals surface area contributed by atoms with Crippen molar-refractivity contribution in [2.45, 2.75) is 26.2 Å². The molecule has 5 heteroatoms. The van der Waals surface area contributed by atoms with Gasteiger partial charge in [-0.25, -0.2) is 4.39 Å². The van der Waals surface area contributed by atoms with E-state index in [1.807, 2.05) is 13.8 Å². The molecular formula is C14H15ClFNO2. The predicted molar refractivity (Wildman–Crippen MR) is 70.2 cm³/mol. The number of hydrogen-bond donors (Lipinski definition) is 1. The monoisotopic (exact) mass is 283 g/mol. The fourth-order valence-corrected chi connectivity index (χ4v) is 2.83. The number of halogens is 2. The van der Waals surface area contributed by atoms with Crippen molar-refractivity contribution >= 4 is 23.4 Å². The molecule has 2 unspecified atom stereocenters. The van der Waals surface area contributed by atoms with Crippen LogP contribution in [0.4, 0.5) is 4.39 Å². The number of imide groups is 1. The number of piperidine rings is 1. The van der Waals surface area contributed by atoms with Gasteiger partial charge in [0.05, 0.1) is 0 Å². The van der Waals surface area contributed by atoms with Crippen LogP contribution in [0.25, 0.3) is 0 Å². The molecule has 0 radical (unpaired) electrons. The van der Waals surface area contributed by atoms with Crippen LogP contribution in [0.15, 0.2) is 18.2 Å². The van der Waals surface area contributed by atoms with E-state index in [0.29, 0.717) is 10.6 Å². The first-order chi connectivity index (χ1) is 8.90. The summed E-state index contributed by atoms with van der Waals surface area (Å²) in [7, 11) is 0. The second-order valence-electron chi connectivity index (χ2n) is 5.16. The summed E-state index contributed by atoms with van der Waals surface area (Å²) in [5.74, 6) is -2.01. The molecule has 1 heterocycles. The van der Waals surface area contributed by atoms with Crippen molar-refractivity contribution in [2.24, 2.45) is 11.8 Å². The van der Waals surface area contributed by atoms with Crippen LogP contribution in [0, 0.1) is 17.7 Å². The van der Waals surface area contributed by atoms with Gasteiger partial charge in [0.2, 0.25) is 11.8 Å². The molecule has 1 N–H and O–H groups in total. The SMILES string of the molecule is CC(C)C1C(=O)NC(=O)CC1c1cc(Cl)ccc1F. The van der Waals surface area contributed by atoms with Crippen molar-refractivity contribution in [1.29, 1.82) is 0 Å². The highest BCUT2D eigenvalue weighted by Gasteiger charge is 2.39. The molecule has 3 nitrogen and oxygen atoms in total. The maximum absolute atomic E-state index is 13.9. The molecule has 1 saturated heterocycles. The van der Waals surface area contributed by atoms with E-state index in [1.54, 1.807) is 0 Å². The Bertz CT molecular complexity index is 530. The Morgan fingerprint density at radius 2 is 2.05 bits per heavy atom. The molecule has 19 heavy (non-hydrogen) atoms. The molecule has 1 aliphatic heterocycles. The van der Waals surface area contributed by atoms with E-state index in [4.69, 9.17) is 11.6 Å². The lowest BCUT2D eigenvalue weighted by Crippen LogP contribution is -2.46. The minimum atomic E-state index is -0.458. The zero-order valence-electron chi connectivity index (χ0n) is 10.7. The van der Waals surface area contributed by atoms with E-state index in [2.05, 4.69) is 5.32 Å². The molecule has 2 amide bonds. The van der Waals surface area contributed by atoms with Gasteiger partial charge in [-0.15, -0.1) is 0 Å². The smallest absolute Gasteiger partial charge is 0.230 e. The van der Waals surface area contributed by atoms with E-state index in [1.165, 1.54) is 18.2 Å². The lowest BCUT2D eigenvalue weighted by molar-refractivity contribution is -0.138. The lowest BCUT2D eigenvalue weighted by atomic mass is 9.74. The van der Waals surface area contributed by atoms with Crippen molar-refractivity contribution in [3.05, 3.63) is 34.6 Å².